The van der Waals surface area contributed by atoms with Gasteiger partial charge in [-0.15, -0.1) is 0 Å². The summed E-state index contributed by atoms with van der Waals surface area (Å²) in [5.41, 5.74) is 9.43. The van der Waals surface area contributed by atoms with Gasteiger partial charge >= 0.3 is 0 Å². The van der Waals surface area contributed by atoms with Crippen LogP contribution in [0.3, 0.4) is 0 Å². The molecule has 2 fully saturated rings. The minimum absolute atomic E-state index is 0.394. The Morgan fingerprint density at radius 1 is 1.14 bits per heavy atom. The number of hydrogen-bond acceptors (Lipinski definition) is 2. The highest BCUT2D eigenvalue weighted by Crippen LogP contribution is 2.41. The first-order valence-corrected chi connectivity index (χ1v) is 8.53. The van der Waals surface area contributed by atoms with Gasteiger partial charge in [-0.3, -0.25) is 4.90 Å². The summed E-state index contributed by atoms with van der Waals surface area (Å²) < 4.78 is 0. The van der Waals surface area contributed by atoms with Gasteiger partial charge in [0.25, 0.3) is 0 Å². The van der Waals surface area contributed by atoms with E-state index in [-0.39, 0.29) is 0 Å². The molecule has 1 aliphatic heterocycles. The molecule has 0 amide bonds. The van der Waals surface area contributed by atoms with Gasteiger partial charge < -0.3 is 5.73 Å². The van der Waals surface area contributed by atoms with Gasteiger partial charge in [0.1, 0.15) is 0 Å². The first-order chi connectivity index (χ1) is 9.99. The second kappa shape index (κ2) is 5.73. The van der Waals surface area contributed by atoms with Gasteiger partial charge in [0.15, 0.2) is 0 Å². The Morgan fingerprint density at radius 2 is 1.81 bits per heavy atom. The molecule has 2 unspecified atom stereocenters. The summed E-state index contributed by atoms with van der Waals surface area (Å²) in [6.45, 7) is 10.2. The minimum atomic E-state index is 0.394. The van der Waals surface area contributed by atoms with Crippen molar-refractivity contribution in [2.24, 2.45) is 17.1 Å². The van der Waals surface area contributed by atoms with Gasteiger partial charge in [-0.2, -0.15) is 0 Å². The number of nitrogens with two attached hydrogens (primary N) is 1. The zero-order valence-electron chi connectivity index (χ0n) is 13.8. The predicted octanol–water partition coefficient (Wildman–Crippen LogP) is 3.93. The average Bonchev–Trinajstić information content (AvgIpc) is 3.17. The van der Waals surface area contributed by atoms with E-state index in [1.165, 1.54) is 43.5 Å². The predicted molar refractivity (Wildman–Crippen MR) is 89.3 cm³/mol. The molecule has 116 valence electrons. The van der Waals surface area contributed by atoms with Crippen LogP contribution in [-0.2, 0) is 0 Å². The molecule has 1 aromatic carbocycles. The molecule has 0 spiro atoms. The molecule has 0 radical (unpaired) electrons. The smallest absolute Gasteiger partial charge is 0.0470 e. The molecule has 0 bridgehead atoms. The van der Waals surface area contributed by atoms with Crippen LogP contribution >= 0.6 is 0 Å². The first kappa shape index (κ1) is 15.1. The summed E-state index contributed by atoms with van der Waals surface area (Å²) >= 11 is 0. The lowest BCUT2D eigenvalue weighted by Crippen LogP contribution is -2.33. The quantitative estimate of drug-likeness (QED) is 0.908. The Bertz CT molecular complexity index is 467. The Hall–Kier alpha value is -0.860. The summed E-state index contributed by atoms with van der Waals surface area (Å²) in [5.74, 6) is 1.63. The molecule has 1 aliphatic carbocycles. The number of rotatable bonds is 4. The molecular formula is C19H30N2. The van der Waals surface area contributed by atoms with E-state index in [2.05, 4.69) is 49.9 Å². The highest BCUT2D eigenvalue weighted by Gasteiger charge is 2.34. The Kier molecular flexibility index (Phi) is 4.11. The average molecular weight is 286 g/mol. The number of hydrogen-bond donors (Lipinski definition) is 1. The third kappa shape index (κ3) is 3.32. The maximum atomic E-state index is 6.11. The lowest BCUT2D eigenvalue weighted by molar-refractivity contribution is 0.197. The number of benzene rings is 1. The van der Waals surface area contributed by atoms with Crippen LogP contribution in [-0.4, -0.2) is 24.5 Å². The zero-order valence-corrected chi connectivity index (χ0v) is 13.8. The van der Waals surface area contributed by atoms with E-state index in [0.717, 1.165) is 18.4 Å². The van der Waals surface area contributed by atoms with Crippen LogP contribution in [0.2, 0.25) is 0 Å². The maximum Gasteiger partial charge on any atom is 0.0470 e. The molecule has 2 N–H and O–H groups in total. The standard InChI is InChI=1S/C19H30N2/c1-19(2,3)17-10-11-21(13-17)18(12-20)16-8-6-15(7-9-16)14-4-5-14/h6-9,14,17-18H,4-5,10-13,20H2,1-3H3. The van der Waals surface area contributed by atoms with Crippen molar-refractivity contribution in [2.75, 3.05) is 19.6 Å². The van der Waals surface area contributed by atoms with Crippen LogP contribution in [0.25, 0.3) is 0 Å². The molecular weight excluding hydrogens is 256 g/mol. The van der Waals surface area contributed by atoms with Crippen LogP contribution in [0, 0.1) is 11.3 Å². The summed E-state index contributed by atoms with van der Waals surface area (Å²) in [7, 11) is 0. The Labute approximate surface area is 129 Å². The third-order valence-electron chi connectivity index (χ3n) is 5.48. The first-order valence-electron chi connectivity index (χ1n) is 8.53. The van der Waals surface area contributed by atoms with Crippen molar-refractivity contribution in [1.29, 1.82) is 0 Å². The van der Waals surface area contributed by atoms with Gasteiger partial charge in [-0.25, -0.2) is 0 Å². The van der Waals surface area contributed by atoms with Crippen molar-refractivity contribution in [3.8, 4) is 0 Å². The van der Waals surface area contributed by atoms with E-state index < -0.39 is 0 Å². The van der Waals surface area contributed by atoms with Crippen LogP contribution in [0.1, 0.15) is 63.1 Å². The van der Waals surface area contributed by atoms with Crippen LogP contribution in [0.4, 0.5) is 0 Å². The van der Waals surface area contributed by atoms with Crippen molar-refractivity contribution < 1.29 is 0 Å². The van der Waals surface area contributed by atoms with Crippen molar-refractivity contribution in [2.45, 2.75) is 52.0 Å². The van der Waals surface area contributed by atoms with E-state index in [4.69, 9.17) is 5.73 Å². The molecule has 2 atom stereocenters. The molecule has 1 heterocycles. The van der Waals surface area contributed by atoms with Gasteiger partial charge in [-0.1, -0.05) is 45.0 Å². The van der Waals surface area contributed by atoms with Crippen molar-refractivity contribution >= 4 is 0 Å². The maximum absolute atomic E-state index is 6.11. The highest BCUT2D eigenvalue weighted by molar-refractivity contribution is 5.30. The van der Waals surface area contributed by atoms with Crippen molar-refractivity contribution in [3.63, 3.8) is 0 Å². The number of nitrogens with zero attached hydrogens (tertiary/aromatic N) is 1. The molecule has 1 saturated carbocycles. The summed E-state index contributed by atoms with van der Waals surface area (Å²) in [6, 6.07) is 9.68. The Morgan fingerprint density at radius 3 is 2.29 bits per heavy atom. The van der Waals surface area contributed by atoms with Crippen molar-refractivity contribution in [1.82, 2.24) is 4.90 Å². The fourth-order valence-electron chi connectivity index (χ4n) is 3.68. The molecule has 1 saturated heterocycles. The molecule has 2 nitrogen and oxygen atoms in total. The monoisotopic (exact) mass is 286 g/mol. The SMILES string of the molecule is CC(C)(C)C1CCN(C(CN)c2ccc(C3CC3)cc2)C1. The summed E-state index contributed by atoms with van der Waals surface area (Å²) in [6.07, 6.45) is 4.05. The molecule has 21 heavy (non-hydrogen) atoms. The minimum Gasteiger partial charge on any atom is -0.329 e. The second-order valence-corrected chi connectivity index (χ2v) is 8.04. The van der Waals surface area contributed by atoms with Crippen LogP contribution in [0.5, 0.6) is 0 Å². The van der Waals surface area contributed by atoms with E-state index in [1.54, 1.807) is 0 Å². The Balaban J connectivity index is 1.70. The molecule has 2 aliphatic rings. The van der Waals surface area contributed by atoms with E-state index in [0.29, 0.717) is 11.5 Å². The van der Waals surface area contributed by atoms with Gasteiger partial charge in [-0.05, 0) is 54.2 Å². The number of likely N-dealkylation sites (tertiary alicyclic amines) is 1. The summed E-state index contributed by atoms with van der Waals surface area (Å²) in [5, 5.41) is 0. The fraction of sp³-hybridized carbons (Fsp3) is 0.684. The van der Waals surface area contributed by atoms with E-state index in [9.17, 15) is 0 Å². The summed E-state index contributed by atoms with van der Waals surface area (Å²) in [4.78, 5) is 2.60. The topological polar surface area (TPSA) is 29.3 Å². The lowest BCUT2D eigenvalue weighted by Gasteiger charge is -2.30. The second-order valence-electron chi connectivity index (χ2n) is 8.04. The molecule has 2 heteroatoms. The van der Waals surface area contributed by atoms with Crippen LogP contribution in [0.15, 0.2) is 24.3 Å². The van der Waals surface area contributed by atoms with E-state index in [1.807, 2.05) is 0 Å². The lowest BCUT2D eigenvalue weighted by atomic mass is 9.80. The fourth-order valence-corrected chi connectivity index (χ4v) is 3.68. The highest BCUT2D eigenvalue weighted by atomic mass is 15.2. The zero-order chi connectivity index (χ0) is 15.0. The van der Waals surface area contributed by atoms with E-state index >= 15 is 0 Å². The largest absolute Gasteiger partial charge is 0.329 e. The normalized spacial score (nSPS) is 25.2. The van der Waals surface area contributed by atoms with Gasteiger partial charge in [0.2, 0.25) is 0 Å². The van der Waals surface area contributed by atoms with Crippen molar-refractivity contribution in [3.05, 3.63) is 35.4 Å². The third-order valence-corrected chi connectivity index (χ3v) is 5.48. The van der Waals surface area contributed by atoms with Crippen LogP contribution < -0.4 is 5.73 Å². The molecule has 0 aromatic heterocycles. The molecule has 3 rings (SSSR count). The van der Waals surface area contributed by atoms with Gasteiger partial charge in [0.05, 0.1) is 0 Å². The van der Waals surface area contributed by atoms with Gasteiger partial charge in [0, 0.05) is 19.1 Å². The molecule has 1 aromatic rings.